The van der Waals surface area contributed by atoms with E-state index in [0.29, 0.717) is 45.2 Å². The molecule has 9 nitrogen and oxygen atoms in total. The first-order valence-corrected chi connectivity index (χ1v) is 41.3. The summed E-state index contributed by atoms with van der Waals surface area (Å²) in [6.07, 6.45) is 23.1. The van der Waals surface area contributed by atoms with Crippen LogP contribution >= 0.6 is 113 Å². The number of sulfone groups is 4. The van der Waals surface area contributed by atoms with E-state index in [4.69, 9.17) is 0 Å². The Labute approximate surface area is 522 Å². The third-order valence-electron chi connectivity index (χ3n) is 13.0. The molecule has 6 heterocycles. The number of halogens is 2. The Hall–Kier alpha value is -0.825. The maximum atomic E-state index is 14.0. The van der Waals surface area contributed by atoms with Crippen molar-refractivity contribution in [2.75, 3.05) is 23.0 Å². The van der Waals surface area contributed by atoms with Crippen LogP contribution in [0.2, 0.25) is 0 Å². The second-order valence-corrected chi connectivity index (χ2v) is 36.7. The zero-order chi connectivity index (χ0) is 57.9. The Bertz CT molecular complexity index is 2960. The van der Waals surface area contributed by atoms with E-state index in [2.05, 4.69) is 84.3 Å². The number of thiol groups is 1. The fourth-order valence-electron chi connectivity index (χ4n) is 8.97. The van der Waals surface area contributed by atoms with Gasteiger partial charge in [-0.3, -0.25) is 0 Å². The van der Waals surface area contributed by atoms with Gasteiger partial charge in [0.05, 0.1) is 50.1 Å². The molecule has 0 N–H and O–H groups in total. The first-order valence-electron chi connectivity index (χ1n) is 27.7. The van der Waals surface area contributed by atoms with Gasteiger partial charge in [0.15, 0.2) is 39.3 Å². The molecule has 0 aliphatic rings. The van der Waals surface area contributed by atoms with Crippen LogP contribution in [0, 0.1) is 0 Å². The van der Waals surface area contributed by atoms with Gasteiger partial charge in [0, 0.05) is 19.5 Å². The van der Waals surface area contributed by atoms with Crippen molar-refractivity contribution in [3.8, 4) is 39.0 Å². The average molecular weight is 1420 g/mol. The zero-order valence-corrected chi connectivity index (χ0v) is 58.4. The molecule has 0 aliphatic carbocycles. The standard InChI is InChI=1S/C28H38Br2O4S5.C28H40O4S5.BHNS/c1-3-5-7-9-11-13-19-38(31,32)27-25(21-15-17-23(29)35-21)37-26(22-16-18-24(30)36-22)28(27)39(33,34)20-14-12-10-8-6-4-2;1-3-5-7-9-11-13-21-36(29,30)27-25(23-17-15-19-33-23)35-26(24-18-16-20-34-24)28(27)37(31,32)22-14-12-10-8-6-4-2;1-2-3/h15-18H,3-14,19-20H2,1-2H3;15-20H,3-14,21-22H2,1-2H3;3H. The fraction of sp³-hybridized carbons (Fsp3) is 0.571. The quantitative estimate of drug-likeness (QED) is 0.0232. The van der Waals surface area contributed by atoms with Crippen molar-refractivity contribution >= 4 is 160 Å². The van der Waals surface area contributed by atoms with Crippen LogP contribution in [0.3, 0.4) is 0 Å². The van der Waals surface area contributed by atoms with Crippen LogP contribution in [0.4, 0.5) is 0 Å². The van der Waals surface area contributed by atoms with Crippen molar-refractivity contribution in [2.24, 2.45) is 4.30 Å². The SMILES string of the molecule is CCCCCCCCS(=O)(=O)c1c(-c2ccc(Br)s2)sc(-c2ccc(Br)s2)c1S(=O)(=O)CCCCCCCC.CCCCCCCCS(=O)(=O)c1c(-c2cccs2)sc(-c2cccs2)c1S(=O)(=O)CCCCCCCC.[B]=NS. The summed E-state index contributed by atoms with van der Waals surface area (Å²) in [7, 11) is -10.9. The summed E-state index contributed by atoms with van der Waals surface area (Å²) in [6, 6.07) is 15.1. The molecule has 0 amide bonds. The van der Waals surface area contributed by atoms with Gasteiger partial charge in [-0.1, -0.05) is 168 Å². The topological polar surface area (TPSA) is 149 Å². The van der Waals surface area contributed by atoms with Crippen molar-refractivity contribution in [1.29, 1.82) is 0 Å². The molecule has 79 heavy (non-hydrogen) atoms. The van der Waals surface area contributed by atoms with Gasteiger partial charge in [-0.15, -0.1) is 68.0 Å². The van der Waals surface area contributed by atoms with Gasteiger partial charge in [-0.25, -0.2) is 33.7 Å². The molecule has 0 saturated heterocycles. The Kier molecular flexibility index (Phi) is 33.0. The van der Waals surface area contributed by atoms with E-state index >= 15 is 0 Å². The van der Waals surface area contributed by atoms with Crippen LogP contribution < -0.4 is 0 Å². The third kappa shape index (κ3) is 22.5. The molecule has 6 aromatic rings. The predicted molar refractivity (Wildman–Crippen MR) is 356 cm³/mol. The molecule has 0 aliphatic heterocycles. The van der Waals surface area contributed by atoms with Crippen LogP contribution in [-0.4, -0.2) is 64.3 Å². The van der Waals surface area contributed by atoms with E-state index < -0.39 is 39.3 Å². The Balaban J connectivity index is 0.000000325. The van der Waals surface area contributed by atoms with Crippen molar-refractivity contribution in [3.63, 3.8) is 0 Å². The molecule has 6 aromatic heterocycles. The van der Waals surface area contributed by atoms with Crippen LogP contribution in [0.15, 0.2) is 90.7 Å². The summed E-state index contributed by atoms with van der Waals surface area (Å²) >= 11 is 18.6. The molecule has 439 valence electrons. The minimum absolute atomic E-state index is 0.0147. The zero-order valence-electron chi connectivity index (χ0n) is 46.1. The molecule has 0 bridgehead atoms. The van der Waals surface area contributed by atoms with E-state index in [1.807, 2.05) is 59.3 Å². The van der Waals surface area contributed by atoms with Crippen molar-refractivity contribution in [2.45, 2.75) is 201 Å². The summed E-state index contributed by atoms with van der Waals surface area (Å²) in [4.78, 5) is 5.51. The normalized spacial score (nSPS) is 12.1. The number of thiophene rings is 6. The summed E-state index contributed by atoms with van der Waals surface area (Å²) in [5.74, 6) is -0.111. The Morgan fingerprint density at radius 1 is 0.380 bits per heavy atom. The molecule has 0 aromatic carbocycles. The van der Waals surface area contributed by atoms with E-state index in [1.165, 1.54) is 68.0 Å². The van der Waals surface area contributed by atoms with Crippen LogP contribution in [0.1, 0.15) is 182 Å². The van der Waals surface area contributed by atoms with E-state index in [-0.39, 0.29) is 42.6 Å². The van der Waals surface area contributed by atoms with Crippen LogP contribution in [0.25, 0.3) is 39.0 Å². The van der Waals surface area contributed by atoms with Crippen molar-refractivity contribution in [3.05, 3.63) is 66.9 Å². The van der Waals surface area contributed by atoms with Gasteiger partial charge < -0.3 is 0 Å². The molecule has 0 spiro atoms. The second kappa shape index (κ2) is 36.9. The van der Waals surface area contributed by atoms with E-state index in [0.717, 1.165) is 155 Å². The molecule has 0 unspecified atom stereocenters. The molecule has 23 heteroatoms. The van der Waals surface area contributed by atoms with Gasteiger partial charge >= 0.3 is 24.8 Å². The van der Waals surface area contributed by atoms with E-state index in [1.54, 1.807) is 0 Å². The molecule has 0 atom stereocenters. The Morgan fingerprint density at radius 2 is 0.620 bits per heavy atom. The maximum absolute atomic E-state index is 14.0. The van der Waals surface area contributed by atoms with E-state index in [9.17, 15) is 33.7 Å². The number of unbranched alkanes of at least 4 members (excludes halogenated alkanes) is 20. The number of hydrogen-bond donors (Lipinski definition) is 1. The van der Waals surface area contributed by atoms with Gasteiger partial charge in [0.25, 0.3) is 0 Å². The molecule has 6 rings (SSSR count). The molecule has 1 radical (unpaired) electrons. The fourth-order valence-corrected chi connectivity index (χ4v) is 26.2. The monoisotopic (exact) mass is 1410 g/mol. The van der Waals surface area contributed by atoms with Crippen LogP contribution in [-0.2, 0) is 39.3 Å². The summed E-state index contributed by atoms with van der Waals surface area (Å²) < 4.78 is 116. The number of rotatable bonds is 36. The Morgan fingerprint density at radius 3 is 0.835 bits per heavy atom. The molecular weight excluding hydrogens is 1340 g/mol. The van der Waals surface area contributed by atoms with Gasteiger partial charge in [0.2, 0.25) is 0 Å². The van der Waals surface area contributed by atoms with Gasteiger partial charge in [-0.2, -0.15) is 0 Å². The predicted octanol–water partition coefficient (Wildman–Crippen LogP) is 20.7. The number of nitrogens with zero attached hydrogens (tertiary/aromatic N) is 1. The molecule has 0 fully saturated rings. The molecular formula is C56H79BBr2NO8S11. The summed E-state index contributed by atoms with van der Waals surface area (Å²) in [5.41, 5.74) is 0. The van der Waals surface area contributed by atoms with Crippen LogP contribution in [0.5, 0.6) is 0 Å². The summed E-state index contributed by atoms with van der Waals surface area (Å²) in [6.45, 7) is 8.63. The molecule has 0 saturated carbocycles. The first kappa shape index (κ1) is 70.7. The third-order valence-corrected chi connectivity index (χ3v) is 29.3. The first-order chi connectivity index (χ1) is 37.8. The van der Waals surface area contributed by atoms with Crippen molar-refractivity contribution in [1.82, 2.24) is 0 Å². The summed E-state index contributed by atoms with van der Waals surface area (Å²) in [5, 5.41) is 3.82. The minimum atomic E-state index is -3.84. The van der Waals surface area contributed by atoms with Crippen molar-refractivity contribution < 1.29 is 33.7 Å². The number of hydrogen-bond acceptors (Lipinski definition) is 16. The second-order valence-electron chi connectivity index (χ2n) is 19.5. The van der Waals surface area contributed by atoms with Gasteiger partial charge in [-0.05, 0) is 105 Å². The average Bonchev–Trinajstić information content (AvgIpc) is 4.40. The van der Waals surface area contributed by atoms with Gasteiger partial charge in [0.1, 0.15) is 19.6 Å².